The molecule has 1 heterocycles. The van der Waals surface area contributed by atoms with Gasteiger partial charge in [-0.15, -0.1) is 0 Å². The molecule has 1 amide bonds. The first kappa shape index (κ1) is 12.6. The SMILES string of the molecule is NC1CCC(OCCN2CCCOC2=O)CC1. The van der Waals surface area contributed by atoms with Crippen molar-refractivity contribution in [2.75, 3.05) is 26.3 Å². The van der Waals surface area contributed by atoms with E-state index in [4.69, 9.17) is 15.2 Å². The molecule has 0 radical (unpaired) electrons. The lowest BCUT2D eigenvalue weighted by molar-refractivity contribution is 0.00534. The fraction of sp³-hybridized carbons (Fsp3) is 0.917. The number of amides is 1. The highest BCUT2D eigenvalue weighted by Gasteiger charge is 2.21. The zero-order valence-electron chi connectivity index (χ0n) is 10.3. The van der Waals surface area contributed by atoms with E-state index in [0.717, 1.165) is 38.6 Å². The van der Waals surface area contributed by atoms with Crippen LogP contribution in [0, 0.1) is 0 Å². The average molecular weight is 242 g/mol. The summed E-state index contributed by atoms with van der Waals surface area (Å²) in [5.74, 6) is 0. The van der Waals surface area contributed by atoms with Crippen LogP contribution < -0.4 is 5.73 Å². The number of carbonyl (C=O) groups excluding carboxylic acids is 1. The normalized spacial score (nSPS) is 30.2. The van der Waals surface area contributed by atoms with Gasteiger partial charge in [-0.25, -0.2) is 4.79 Å². The molecular formula is C12H22N2O3. The highest BCUT2D eigenvalue weighted by molar-refractivity contribution is 5.68. The predicted octanol–water partition coefficient (Wildman–Crippen LogP) is 1.12. The van der Waals surface area contributed by atoms with Crippen LogP contribution in [0.1, 0.15) is 32.1 Å². The van der Waals surface area contributed by atoms with Crippen molar-refractivity contribution in [3.63, 3.8) is 0 Å². The van der Waals surface area contributed by atoms with Crippen LogP contribution in [0.4, 0.5) is 4.79 Å². The first-order valence-corrected chi connectivity index (χ1v) is 6.54. The summed E-state index contributed by atoms with van der Waals surface area (Å²) in [6.07, 6.45) is 5.25. The van der Waals surface area contributed by atoms with Gasteiger partial charge in [0.2, 0.25) is 0 Å². The van der Waals surface area contributed by atoms with E-state index in [9.17, 15) is 4.79 Å². The molecule has 0 spiro atoms. The Morgan fingerprint density at radius 3 is 2.82 bits per heavy atom. The summed E-state index contributed by atoms with van der Waals surface area (Å²) in [7, 11) is 0. The van der Waals surface area contributed by atoms with Crippen molar-refractivity contribution >= 4 is 6.09 Å². The van der Waals surface area contributed by atoms with Crippen LogP contribution in [-0.4, -0.2) is 49.4 Å². The molecule has 0 bridgehead atoms. The number of ether oxygens (including phenoxy) is 2. The van der Waals surface area contributed by atoms with E-state index in [1.165, 1.54) is 0 Å². The summed E-state index contributed by atoms with van der Waals surface area (Å²) >= 11 is 0. The topological polar surface area (TPSA) is 64.8 Å². The summed E-state index contributed by atoms with van der Waals surface area (Å²) in [5, 5.41) is 0. The van der Waals surface area contributed by atoms with Crippen molar-refractivity contribution in [2.24, 2.45) is 5.73 Å². The molecule has 1 aliphatic carbocycles. The highest BCUT2D eigenvalue weighted by atomic mass is 16.6. The van der Waals surface area contributed by atoms with Gasteiger partial charge in [0, 0.05) is 19.1 Å². The monoisotopic (exact) mass is 242 g/mol. The third-order valence-electron chi connectivity index (χ3n) is 3.49. The first-order valence-electron chi connectivity index (χ1n) is 6.54. The number of nitrogens with two attached hydrogens (primary N) is 1. The maximum atomic E-state index is 11.4. The van der Waals surface area contributed by atoms with Gasteiger partial charge >= 0.3 is 6.09 Å². The molecule has 5 nitrogen and oxygen atoms in total. The molecular weight excluding hydrogens is 220 g/mol. The molecule has 1 saturated carbocycles. The van der Waals surface area contributed by atoms with Crippen molar-refractivity contribution in [1.29, 1.82) is 0 Å². The van der Waals surface area contributed by atoms with Crippen molar-refractivity contribution in [1.82, 2.24) is 4.90 Å². The molecule has 0 aromatic heterocycles. The molecule has 17 heavy (non-hydrogen) atoms. The molecule has 2 N–H and O–H groups in total. The van der Waals surface area contributed by atoms with Crippen LogP contribution in [0.15, 0.2) is 0 Å². The Morgan fingerprint density at radius 2 is 2.12 bits per heavy atom. The van der Waals surface area contributed by atoms with Gasteiger partial charge in [-0.1, -0.05) is 0 Å². The number of hydrogen-bond donors (Lipinski definition) is 1. The number of rotatable bonds is 4. The second-order valence-corrected chi connectivity index (χ2v) is 4.86. The Bertz CT molecular complexity index is 252. The van der Waals surface area contributed by atoms with Gasteiger partial charge in [0.05, 0.1) is 19.3 Å². The maximum absolute atomic E-state index is 11.4. The summed E-state index contributed by atoms with van der Waals surface area (Å²) in [5.41, 5.74) is 5.84. The molecule has 98 valence electrons. The van der Waals surface area contributed by atoms with E-state index in [1.807, 2.05) is 0 Å². The van der Waals surface area contributed by atoms with Crippen LogP contribution in [0.2, 0.25) is 0 Å². The van der Waals surface area contributed by atoms with Gasteiger partial charge in [-0.3, -0.25) is 0 Å². The maximum Gasteiger partial charge on any atom is 0.409 e. The molecule has 0 aromatic carbocycles. The predicted molar refractivity (Wildman–Crippen MR) is 63.7 cm³/mol. The van der Waals surface area contributed by atoms with Gasteiger partial charge in [0.1, 0.15) is 0 Å². The van der Waals surface area contributed by atoms with Crippen LogP contribution >= 0.6 is 0 Å². The lowest BCUT2D eigenvalue weighted by Crippen LogP contribution is -2.40. The fourth-order valence-electron chi connectivity index (χ4n) is 2.39. The van der Waals surface area contributed by atoms with E-state index in [-0.39, 0.29) is 6.09 Å². The third kappa shape index (κ3) is 3.85. The molecule has 5 heteroatoms. The molecule has 2 fully saturated rings. The van der Waals surface area contributed by atoms with Crippen molar-refractivity contribution in [3.05, 3.63) is 0 Å². The van der Waals surface area contributed by atoms with E-state index in [1.54, 1.807) is 4.90 Å². The minimum Gasteiger partial charge on any atom is -0.449 e. The first-order chi connectivity index (χ1) is 8.25. The Morgan fingerprint density at radius 1 is 1.35 bits per heavy atom. The minimum absolute atomic E-state index is 0.203. The number of cyclic esters (lactones) is 1. The number of carbonyl (C=O) groups is 1. The summed E-state index contributed by atoms with van der Waals surface area (Å²) < 4.78 is 10.7. The van der Waals surface area contributed by atoms with Gasteiger partial charge in [-0.05, 0) is 32.1 Å². The molecule has 0 aromatic rings. The van der Waals surface area contributed by atoms with Gasteiger partial charge < -0.3 is 20.1 Å². The quantitative estimate of drug-likeness (QED) is 0.802. The smallest absolute Gasteiger partial charge is 0.409 e. The molecule has 1 saturated heterocycles. The van der Waals surface area contributed by atoms with Crippen molar-refractivity contribution < 1.29 is 14.3 Å². The Kier molecular flexibility index (Phi) is 4.62. The number of nitrogens with zero attached hydrogens (tertiary/aromatic N) is 1. The van der Waals surface area contributed by atoms with E-state index in [0.29, 0.717) is 31.9 Å². The Balaban J connectivity index is 1.60. The zero-order valence-corrected chi connectivity index (χ0v) is 10.3. The largest absolute Gasteiger partial charge is 0.449 e. The van der Waals surface area contributed by atoms with Gasteiger partial charge in [0.25, 0.3) is 0 Å². The average Bonchev–Trinajstić information content (AvgIpc) is 2.34. The van der Waals surface area contributed by atoms with Gasteiger partial charge in [0.15, 0.2) is 0 Å². The molecule has 0 unspecified atom stereocenters. The molecule has 0 atom stereocenters. The lowest BCUT2D eigenvalue weighted by atomic mass is 9.94. The van der Waals surface area contributed by atoms with Gasteiger partial charge in [-0.2, -0.15) is 0 Å². The van der Waals surface area contributed by atoms with Crippen LogP contribution in [0.25, 0.3) is 0 Å². The zero-order chi connectivity index (χ0) is 12.1. The fourth-order valence-corrected chi connectivity index (χ4v) is 2.39. The molecule has 1 aliphatic heterocycles. The Labute approximate surface area is 102 Å². The second kappa shape index (κ2) is 6.21. The van der Waals surface area contributed by atoms with E-state index >= 15 is 0 Å². The summed E-state index contributed by atoms with van der Waals surface area (Å²) in [4.78, 5) is 13.1. The van der Waals surface area contributed by atoms with Crippen molar-refractivity contribution in [3.8, 4) is 0 Å². The Hall–Kier alpha value is -0.810. The van der Waals surface area contributed by atoms with Crippen molar-refractivity contribution in [2.45, 2.75) is 44.2 Å². The van der Waals surface area contributed by atoms with E-state index in [2.05, 4.69) is 0 Å². The standard InChI is InChI=1S/C12H22N2O3/c13-10-2-4-11(5-3-10)16-9-7-14-6-1-8-17-12(14)15/h10-11H,1-9,13H2. The molecule has 2 aliphatic rings. The third-order valence-corrected chi connectivity index (χ3v) is 3.49. The van der Waals surface area contributed by atoms with Crippen LogP contribution in [0.5, 0.6) is 0 Å². The summed E-state index contributed by atoms with van der Waals surface area (Å²) in [6.45, 7) is 2.59. The second-order valence-electron chi connectivity index (χ2n) is 4.86. The number of hydrogen-bond acceptors (Lipinski definition) is 4. The van der Waals surface area contributed by atoms with E-state index < -0.39 is 0 Å². The lowest BCUT2D eigenvalue weighted by Gasteiger charge is -2.29. The van der Waals surface area contributed by atoms with Crippen LogP contribution in [0.3, 0.4) is 0 Å². The summed E-state index contributed by atoms with van der Waals surface area (Å²) in [6, 6.07) is 0.354. The highest BCUT2D eigenvalue weighted by Crippen LogP contribution is 2.19. The molecule has 2 rings (SSSR count). The minimum atomic E-state index is -0.203. The van der Waals surface area contributed by atoms with Crippen LogP contribution in [-0.2, 0) is 9.47 Å².